The van der Waals surface area contributed by atoms with Crippen LogP contribution in [0, 0.1) is 0 Å². The van der Waals surface area contributed by atoms with Crippen molar-refractivity contribution in [1.82, 2.24) is 10.2 Å². The van der Waals surface area contributed by atoms with Gasteiger partial charge in [-0.2, -0.15) is 0 Å². The van der Waals surface area contributed by atoms with Gasteiger partial charge in [0, 0.05) is 12.8 Å². The molecule has 0 fully saturated rings. The van der Waals surface area contributed by atoms with E-state index in [1.165, 1.54) is 6.26 Å². The maximum atomic E-state index is 11.0. The molecule has 0 aromatic rings. The largest absolute Gasteiger partial charge is 0.480 e. The third-order valence-corrected chi connectivity index (χ3v) is 3.51. The molecular weight excluding hydrogens is 256 g/mol. The molecule has 0 saturated carbocycles. The Morgan fingerprint density at radius 3 is 2.44 bits per heavy atom. The predicted molar refractivity (Wildman–Crippen MR) is 71.5 cm³/mol. The molecule has 0 aromatic carbocycles. The van der Waals surface area contributed by atoms with E-state index in [0.29, 0.717) is 26.1 Å². The number of hydrogen-bond acceptors (Lipinski definition) is 5. The van der Waals surface area contributed by atoms with E-state index < -0.39 is 21.8 Å². The number of carboxylic acid groups (broad SMARTS) is 1. The minimum absolute atomic E-state index is 0.101. The molecule has 0 radical (unpaired) electrons. The Morgan fingerprint density at radius 1 is 1.39 bits per heavy atom. The molecule has 1 atom stereocenters. The van der Waals surface area contributed by atoms with E-state index in [-0.39, 0.29) is 5.75 Å². The summed E-state index contributed by atoms with van der Waals surface area (Å²) >= 11 is 0. The Hall–Kier alpha value is -0.660. The topological polar surface area (TPSA) is 86.7 Å². The molecule has 18 heavy (non-hydrogen) atoms. The molecule has 0 amide bonds. The van der Waals surface area contributed by atoms with Gasteiger partial charge in [0.15, 0.2) is 0 Å². The number of carboxylic acids is 1. The van der Waals surface area contributed by atoms with E-state index in [0.717, 1.165) is 6.42 Å². The highest BCUT2D eigenvalue weighted by Crippen LogP contribution is 1.97. The quantitative estimate of drug-likeness (QED) is 0.576. The van der Waals surface area contributed by atoms with E-state index in [1.807, 2.05) is 11.8 Å². The van der Waals surface area contributed by atoms with E-state index >= 15 is 0 Å². The molecule has 0 saturated heterocycles. The van der Waals surface area contributed by atoms with Gasteiger partial charge in [0.05, 0.1) is 5.75 Å². The van der Waals surface area contributed by atoms with Gasteiger partial charge in [0.25, 0.3) is 0 Å². The van der Waals surface area contributed by atoms with Gasteiger partial charge in [-0.25, -0.2) is 8.42 Å². The molecule has 2 N–H and O–H groups in total. The van der Waals surface area contributed by atoms with Gasteiger partial charge in [-0.1, -0.05) is 6.92 Å². The van der Waals surface area contributed by atoms with Crippen LogP contribution in [0.15, 0.2) is 0 Å². The van der Waals surface area contributed by atoms with Crippen molar-refractivity contribution in [2.45, 2.75) is 25.8 Å². The fourth-order valence-electron chi connectivity index (χ4n) is 1.41. The van der Waals surface area contributed by atoms with Gasteiger partial charge in [0.2, 0.25) is 0 Å². The van der Waals surface area contributed by atoms with Crippen LogP contribution in [0.5, 0.6) is 0 Å². The Morgan fingerprint density at radius 2 is 2.00 bits per heavy atom. The first-order valence-electron chi connectivity index (χ1n) is 6.08. The number of nitrogens with one attached hydrogen (secondary N) is 1. The first-order valence-corrected chi connectivity index (χ1v) is 8.14. The standard InChI is InChI=1S/C11H24N2O4S/c1-4-6-12-10(11(14)15)5-7-13(2)8-9-18(3,16)17/h10,12H,4-9H2,1-3H3,(H,14,15). The van der Waals surface area contributed by atoms with Gasteiger partial charge in [-0.3, -0.25) is 4.79 Å². The first kappa shape index (κ1) is 17.3. The Bertz CT molecular complexity index is 343. The van der Waals surface area contributed by atoms with Crippen LogP contribution in [0.2, 0.25) is 0 Å². The molecule has 108 valence electrons. The summed E-state index contributed by atoms with van der Waals surface area (Å²) in [4.78, 5) is 12.8. The van der Waals surface area contributed by atoms with Gasteiger partial charge in [0.1, 0.15) is 15.9 Å². The highest BCUT2D eigenvalue weighted by Gasteiger charge is 2.16. The van der Waals surface area contributed by atoms with Gasteiger partial charge in [-0.15, -0.1) is 0 Å². The Balaban J connectivity index is 3.99. The van der Waals surface area contributed by atoms with Crippen LogP contribution in [-0.4, -0.2) is 69.1 Å². The molecule has 1 unspecified atom stereocenters. The summed E-state index contributed by atoms with van der Waals surface area (Å²) in [6.45, 7) is 3.64. The fraction of sp³-hybridized carbons (Fsp3) is 0.909. The molecule has 6 nitrogen and oxygen atoms in total. The number of nitrogens with zero attached hydrogens (tertiary/aromatic N) is 1. The number of hydrogen-bond donors (Lipinski definition) is 2. The van der Waals surface area contributed by atoms with Crippen LogP contribution in [0.25, 0.3) is 0 Å². The zero-order chi connectivity index (χ0) is 14.2. The molecule has 0 aliphatic rings. The summed E-state index contributed by atoms with van der Waals surface area (Å²) in [6, 6.07) is -0.564. The number of carbonyl (C=O) groups is 1. The van der Waals surface area contributed by atoms with E-state index in [4.69, 9.17) is 5.11 Å². The number of sulfone groups is 1. The summed E-state index contributed by atoms with van der Waals surface area (Å²) in [7, 11) is -1.17. The lowest BCUT2D eigenvalue weighted by Crippen LogP contribution is -2.40. The van der Waals surface area contributed by atoms with Crippen LogP contribution in [0.3, 0.4) is 0 Å². The van der Waals surface area contributed by atoms with Crippen molar-refractivity contribution in [3.05, 3.63) is 0 Å². The van der Waals surface area contributed by atoms with Crippen molar-refractivity contribution in [1.29, 1.82) is 0 Å². The zero-order valence-corrected chi connectivity index (χ0v) is 12.2. The maximum absolute atomic E-state index is 11.0. The molecule has 0 aromatic heterocycles. The second kappa shape index (κ2) is 8.44. The lowest BCUT2D eigenvalue weighted by atomic mass is 10.2. The molecule has 0 aliphatic heterocycles. The van der Waals surface area contributed by atoms with Crippen LogP contribution in [0.1, 0.15) is 19.8 Å². The van der Waals surface area contributed by atoms with Crippen LogP contribution in [-0.2, 0) is 14.6 Å². The van der Waals surface area contributed by atoms with E-state index in [9.17, 15) is 13.2 Å². The van der Waals surface area contributed by atoms with E-state index in [2.05, 4.69) is 5.32 Å². The van der Waals surface area contributed by atoms with Crippen molar-refractivity contribution in [3.8, 4) is 0 Å². The summed E-state index contributed by atoms with van der Waals surface area (Å²) in [5.41, 5.74) is 0. The molecule has 7 heteroatoms. The predicted octanol–water partition coefficient (Wildman–Crippen LogP) is -0.194. The summed E-state index contributed by atoms with van der Waals surface area (Å²) in [5, 5.41) is 11.9. The van der Waals surface area contributed by atoms with Crippen LogP contribution < -0.4 is 5.32 Å². The van der Waals surface area contributed by atoms with E-state index in [1.54, 1.807) is 7.05 Å². The summed E-state index contributed by atoms with van der Waals surface area (Å²) in [5.74, 6) is -0.760. The highest BCUT2D eigenvalue weighted by molar-refractivity contribution is 7.90. The molecule has 0 heterocycles. The minimum atomic E-state index is -2.96. The Kier molecular flexibility index (Phi) is 8.13. The number of rotatable bonds is 10. The normalized spacial score (nSPS) is 13.8. The smallest absolute Gasteiger partial charge is 0.320 e. The lowest BCUT2D eigenvalue weighted by molar-refractivity contribution is -0.139. The average Bonchev–Trinajstić information content (AvgIpc) is 2.25. The molecule has 0 bridgehead atoms. The van der Waals surface area contributed by atoms with Crippen molar-refractivity contribution in [2.75, 3.05) is 38.7 Å². The number of aliphatic carboxylic acids is 1. The second-order valence-electron chi connectivity index (χ2n) is 4.57. The molecular formula is C11H24N2O4S. The Labute approximate surface area is 109 Å². The van der Waals surface area contributed by atoms with Crippen molar-refractivity contribution >= 4 is 15.8 Å². The monoisotopic (exact) mass is 280 g/mol. The third kappa shape index (κ3) is 9.38. The highest BCUT2D eigenvalue weighted by atomic mass is 32.2. The SMILES string of the molecule is CCCNC(CCN(C)CCS(C)(=O)=O)C(=O)O. The summed E-state index contributed by atoms with van der Waals surface area (Å²) in [6.07, 6.45) is 2.55. The summed E-state index contributed by atoms with van der Waals surface area (Å²) < 4.78 is 22.0. The molecule has 0 aliphatic carbocycles. The van der Waals surface area contributed by atoms with Crippen LogP contribution in [0.4, 0.5) is 0 Å². The minimum Gasteiger partial charge on any atom is -0.480 e. The molecule has 0 rings (SSSR count). The van der Waals surface area contributed by atoms with Gasteiger partial charge >= 0.3 is 5.97 Å². The van der Waals surface area contributed by atoms with Gasteiger partial charge < -0.3 is 15.3 Å². The van der Waals surface area contributed by atoms with Crippen molar-refractivity contribution in [3.63, 3.8) is 0 Å². The lowest BCUT2D eigenvalue weighted by Gasteiger charge is -2.19. The van der Waals surface area contributed by atoms with Crippen molar-refractivity contribution in [2.24, 2.45) is 0 Å². The second-order valence-corrected chi connectivity index (χ2v) is 6.83. The van der Waals surface area contributed by atoms with Crippen LogP contribution >= 0.6 is 0 Å². The first-order chi connectivity index (χ1) is 8.26. The molecule has 0 spiro atoms. The average molecular weight is 280 g/mol. The third-order valence-electron chi connectivity index (χ3n) is 2.58. The van der Waals surface area contributed by atoms with Gasteiger partial charge in [-0.05, 0) is 33.0 Å². The maximum Gasteiger partial charge on any atom is 0.320 e. The fourth-order valence-corrected chi connectivity index (χ4v) is 2.06. The van der Waals surface area contributed by atoms with Crippen molar-refractivity contribution < 1.29 is 18.3 Å². The zero-order valence-electron chi connectivity index (χ0n) is 11.3.